The summed E-state index contributed by atoms with van der Waals surface area (Å²) in [4.78, 5) is 0. The largest absolute Gasteiger partial charge is 1.00 e. The molecule has 2 atom stereocenters. The molecule has 1 saturated carbocycles. The van der Waals surface area contributed by atoms with Crippen molar-refractivity contribution < 1.29 is 26.7 Å². The summed E-state index contributed by atoms with van der Waals surface area (Å²) in [5.41, 5.74) is 0.178. The minimum absolute atomic E-state index is 0. The topological polar surface area (TPSA) is 2.70 Å². The molecule has 15 heavy (non-hydrogen) atoms. The molecule has 0 N–H and O–H groups in total. The first-order valence-corrected chi connectivity index (χ1v) is 5.62. The smallest absolute Gasteiger partial charge is 0.596 e. The van der Waals surface area contributed by atoms with E-state index in [-0.39, 0.29) is 28.0 Å². The summed E-state index contributed by atoms with van der Waals surface area (Å²) in [6, 6.07) is 0. The minimum atomic E-state index is 0. The van der Waals surface area contributed by atoms with Crippen LogP contribution in [0.1, 0.15) is 39.0 Å². The monoisotopic (exact) mass is 389 g/mol. The van der Waals surface area contributed by atoms with Crippen molar-refractivity contribution in [3.63, 3.8) is 0 Å². The Morgan fingerprint density at radius 1 is 1.47 bits per heavy atom. The number of hydrogen-bond acceptors (Lipinski definition) is 0. The van der Waals surface area contributed by atoms with Gasteiger partial charge in [0, 0.05) is 24.7 Å². The first-order chi connectivity index (χ1) is 6.70. The summed E-state index contributed by atoms with van der Waals surface area (Å²) in [6.07, 6.45) is 10.8. The van der Waals surface area contributed by atoms with Crippen molar-refractivity contribution in [3.05, 3.63) is 24.5 Å². The van der Waals surface area contributed by atoms with E-state index < -0.39 is 0 Å². The Hall–Kier alpha value is 0.0203. The molecule has 1 saturated heterocycles. The maximum Gasteiger partial charge on any atom is 1.00 e. The van der Waals surface area contributed by atoms with Gasteiger partial charge in [-0.3, -0.25) is 0 Å². The number of rotatable bonds is 1. The zero-order chi connectivity index (χ0) is 10.2. The molecule has 0 amide bonds. The van der Waals surface area contributed by atoms with Crippen LogP contribution >= 0.6 is 0 Å². The average molecular weight is 389 g/mol. The van der Waals surface area contributed by atoms with E-state index in [1.807, 2.05) is 0 Å². The standard InChI is InChI=1S/C13H20O.Au/c1-4-8-13-9-6-5-7-12(13)10-11(2)14(13)3;/h2,4,8,12H,5-7,9-10H2,1,3H3;/q;+1/b8-4+;/t12-,13-;/m0./s1. The van der Waals surface area contributed by atoms with Crippen molar-refractivity contribution in [2.75, 3.05) is 7.11 Å². The second-order valence-corrected chi connectivity index (χ2v) is 4.58. The second-order valence-electron chi connectivity index (χ2n) is 4.58. The van der Waals surface area contributed by atoms with Crippen molar-refractivity contribution in [2.45, 2.75) is 44.6 Å². The van der Waals surface area contributed by atoms with Gasteiger partial charge in [0.15, 0.2) is 7.11 Å². The van der Waals surface area contributed by atoms with E-state index in [9.17, 15) is 0 Å². The van der Waals surface area contributed by atoms with Gasteiger partial charge < -0.3 is 10.9 Å². The van der Waals surface area contributed by atoms with Gasteiger partial charge in [-0.1, -0.05) is 12.5 Å². The number of allylic oxidation sites excluding steroid dienone is 2. The summed E-state index contributed by atoms with van der Waals surface area (Å²) in [5, 5.41) is 0. The predicted octanol–water partition coefficient (Wildman–Crippen LogP) is 3.39. The van der Waals surface area contributed by atoms with Crippen LogP contribution in [0, 0.1) is 12.5 Å². The van der Waals surface area contributed by atoms with Crippen LogP contribution in [-0.2, 0) is 26.7 Å². The fraction of sp³-hybridized carbons (Fsp3) is 0.692. The third-order valence-electron chi connectivity index (χ3n) is 3.92. The van der Waals surface area contributed by atoms with Crippen molar-refractivity contribution in [1.29, 1.82) is 0 Å². The quantitative estimate of drug-likeness (QED) is 0.280. The van der Waals surface area contributed by atoms with E-state index in [0.717, 1.165) is 18.1 Å². The van der Waals surface area contributed by atoms with E-state index in [1.165, 1.54) is 25.7 Å². The van der Waals surface area contributed by atoms with Gasteiger partial charge in [-0.05, 0) is 19.8 Å². The molecule has 0 aromatic rings. The van der Waals surface area contributed by atoms with Crippen LogP contribution in [0.4, 0.5) is 0 Å². The van der Waals surface area contributed by atoms with E-state index >= 15 is 0 Å². The van der Waals surface area contributed by atoms with Crippen LogP contribution in [0.15, 0.2) is 17.9 Å². The summed E-state index contributed by atoms with van der Waals surface area (Å²) < 4.78 is 3.17. The SMILES string of the molecule is [Au+].[CH-]=C1C[C@@H]2CCCC[C@]2(/C=C/C)[O+]1C. The predicted molar refractivity (Wildman–Crippen MR) is 58.9 cm³/mol. The summed E-state index contributed by atoms with van der Waals surface area (Å²) in [5.74, 6) is 1.72. The van der Waals surface area contributed by atoms with Gasteiger partial charge in [0.25, 0.3) is 0 Å². The molecule has 0 unspecified atom stereocenters. The van der Waals surface area contributed by atoms with Crippen LogP contribution in [0.5, 0.6) is 0 Å². The fourth-order valence-corrected chi connectivity index (χ4v) is 3.13. The molecule has 1 aliphatic heterocycles. The van der Waals surface area contributed by atoms with E-state index in [4.69, 9.17) is 6.58 Å². The Bertz CT molecular complexity index is 272. The normalized spacial score (nSPS) is 35.5. The molecule has 0 bridgehead atoms. The molecule has 2 rings (SSSR count). The van der Waals surface area contributed by atoms with Gasteiger partial charge >= 0.3 is 22.4 Å². The van der Waals surface area contributed by atoms with Gasteiger partial charge in [-0.15, -0.1) is 0 Å². The van der Waals surface area contributed by atoms with E-state index in [0.29, 0.717) is 0 Å². The van der Waals surface area contributed by atoms with Gasteiger partial charge in [-0.25, -0.2) is 0 Å². The van der Waals surface area contributed by atoms with Gasteiger partial charge in [-0.2, -0.15) is 0 Å². The number of hydrogen-bond donors (Lipinski definition) is 0. The summed E-state index contributed by atoms with van der Waals surface area (Å²) in [6.45, 7) is 8.13. The third kappa shape index (κ3) is 1.98. The molecule has 1 heterocycles. The minimum Gasteiger partial charge on any atom is -0.596 e. The summed E-state index contributed by atoms with van der Waals surface area (Å²) in [7, 11) is 2.07. The van der Waals surface area contributed by atoms with Gasteiger partial charge in [0.1, 0.15) is 0 Å². The molecule has 2 aliphatic rings. The van der Waals surface area contributed by atoms with Gasteiger partial charge in [0.2, 0.25) is 5.60 Å². The molecule has 0 radical (unpaired) electrons. The molecule has 1 nitrogen and oxygen atoms in total. The molecule has 0 aromatic carbocycles. The zero-order valence-electron chi connectivity index (χ0n) is 9.55. The van der Waals surface area contributed by atoms with Crippen LogP contribution in [0.25, 0.3) is 0 Å². The van der Waals surface area contributed by atoms with Gasteiger partial charge in [0.05, 0.1) is 5.92 Å². The maximum absolute atomic E-state index is 6.03. The van der Waals surface area contributed by atoms with Crippen LogP contribution in [0.3, 0.4) is 0 Å². The van der Waals surface area contributed by atoms with Crippen molar-refractivity contribution in [3.8, 4) is 0 Å². The Labute approximate surface area is 109 Å². The van der Waals surface area contributed by atoms with Crippen molar-refractivity contribution in [1.82, 2.24) is 0 Å². The molecular formula is C13H20AuO+. The molecule has 2 heteroatoms. The zero-order valence-corrected chi connectivity index (χ0v) is 11.7. The number of fused-ring (bicyclic) bond motifs is 1. The van der Waals surface area contributed by atoms with E-state index in [1.54, 1.807) is 0 Å². The molecule has 1 aliphatic carbocycles. The molecule has 2 fully saturated rings. The Balaban J connectivity index is 0.00000112. The van der Waals surface area contributed by atoms with Crippen LogP contribution in [-0.4, -0.2) is 12.7 Å². The van der Waals surface area contributed by atoms with E-state index in [2.05, 4.69) is 30.6 Å². The van der Waals surface area contributed by atoms with Crippen molar-refractivity contribution in [2.24, 2.45) is 5.92 Å². The fourth-order valence-electron chi connectivity index (χ4n) is 3.13. The Morgan fingerprint density at radius 3 is 2.87 bits per heavy atom. The first-order valence-electron chi connectivity index (χ1n) is 5.62. The molecule has 0 spiro atoms. The van der Waals surface area contributed by atoms with Crippen LogP contribution in [0.2, 0.25) is 0 Å². The molecular weight excluding hydrogens is 369 g/mol. The summed E-state index contributed by atoms with van der Waals surface area (Å²) >= 11 is 0. The second kappa shape index (κ2) is 4.90. The average Bonchev–Trinajstić information content (AvgIpc) is 2.42. The van der Waals surface area contributed by atoms with Crippen molar-refractivity contribution >= 4 is 0 Å². The third-order valence-corrected chi connectivity index (χ3v) is 3.92. The van der Waals surface area contributed by atoms with Crippen LogP contribution < -0.4 is 0 Å². The molecule has 0 aromatic heterocycles. The Kier molecular flexibility index (Phi) is 4.28. The maximum atomic E-state index is 6.03. The first kappa shape index (κ1) is 13.1. The molecule has 88 valence electrons. The Morgan fingerprint density at radius 2 is 2.20 bits per heavy atom.